The maximum Gasteiger partial charge on any atom is 0.258 e. The number of hydrogen-bond donors (Lipinski definition) is 2. The third-order valence-electron chi connectivity index (χ3n) is 3.89. The summed E-state index contributed by atoms with van der Waals surface area (Å²) in [6.45, 7) is -0.198. The molecule has 1 aliphatic heterocycles. The summed E-state index contributed by atoms with van der Waals surface area (Å²) >= 11 is 0. The number of Topliss-reactive ketones (excluding diaryl/α,β-unsaturated/α-hetero) is 1. The van der Waals surface area contributed by atoms with Gasteiger partial charge >= 0.3 is 0 Å². The molecular weight excluding hydrogens is 326 g/mol. The van der Waals surface area contributed by atoms with Crippen LogP contribution < -0.4 is 14.8 Å². The van der Waals surface area contributed by atoms with Crippen molar-refractivity contribution in [2.24, 2.45) is 0 Å². The number of anilines is 1. The Kier molecular flexibility index (Phi) is 4.58. The van der Waals surface area contributed by atoms with Crippen molar-refractivity contribution in [3.8, 4) is 17.2 Å². The minimum absolute atomic E-state index is 0.0969. The van der Waals surface area contributed by atoms with Crippen molar-refractivity contribution in [2.75, 3.05) is 26.1 Å². The number of rotatable bonds is 4. The number of aromatic hydroxyl groups is 1. The van der Waals surface area contributed by atoms with Gasteiger partial charge in [-0.3, -0.25) is 9.59 Å². The van der Waals surface area contributed by atoms with Crippen molar-refractivity contribution < 1.29 is 28.9 Å². The number of nitrogens with one attached hydrogen (secondary N) is 1. The van der Waals surface area contributed by atoms with Crippen LogP contribution in [0.25, 0.3) is 0 Å². The minimum Gasteiger partial charge on any atom is -0.508 e. The number of phenolic OH excluding ortho intramolecular Hbond substituents is 1. The average molecular weight is 343 g/mol. The van der Waals surface area contributed by atoms with Gasteiger partial charge in [-0.15, -0.1) is 0 Å². The van der Waals surface area contributed by atoms with Crippen LogP contribution in [0.2, 0.25) is 0 Å². The fourth-order valence-corrected chi connectivity index (χ4v) is 2.65. The molecule has 0 saturated carbocycles. The van der Waals surface area contributed by atoms with Crippen LogP contribution in [0.15, 0.2) is 36.4 Å². The standard InChI is InChI=1S/C18H17NO6/c1-23-15-7-12-13(8-16(15)24-2)17(25-9-14(12)21)18(22)19-10-3-5-11(20)6-4-10/h3-8,17,20H,9H2,1-2H3,(H,19,22). The molecule has 7 heteroatoms. The molecule has 1 unspecified atom stereocenters. The van der Waals surface area contributed by atoms with Crippen molar-refractivity contribution in [1.29, 1.82) is 0 Å². The van der Waals surface area contributed by atoms with Crippen molar-refractivity contribution in [2.45, 2.75) is 6.10 Å². The SMILES string of the molecule is COc1cc2c(cc1OC)C(C(=O)Nc1ccc(O)cc1)OCC2=O. The first-order valence-corrected chi connectivity index (χ1v) is 7.54. The Labute approximate surface area is 144 Å². The number of amides is 1. The van der Waals surface area contributed by atoms with Gasteiger partial charge in [0.05, 0.1) is 14.2 Å². The molecule has 0 saturated heterocycles. The molecule has 7 nitrogen and oxygen atoms in total. The highest BCUT2D eigenvalue weighted by Gasteiger charge is 2.33. The highest BCUT2D eigenvalue weighted by Crippen LogP contribution is 2.37. The van der Waals surface area contributed by atoms with Gasteiger partial charge in [0.1, 0.15) is 12.4 Å². The van der Waals surface area contributed by atoms with E-state index in [1.54, 1.807) is 24.3 Å². The van der Waals surface area contributed by atoms with Gasteiger partial charge in [0, 0.05) is 16.8 Å². The summed E-state index contributed by atoms with van der Waals surface area (Å²) in [7, 11) is 2.95. The van der Waals surface area contributed by atoms with Gasteiger partial charge in [0.2, 0.25) is 0 Å². The van der Waals surface area contributed by atoms with E-state index in [9.17, 15) is 14.7 Å². The zero-order chi connectivity index (χ0) is 18.0. The van der Waals surface area contributed by atoms with Crippen LogP contribution in [0.4, 0.5) is 5.69 Å². The monoisotopic (exact) mass is 343 g/mol. The first kappa shape index (κ1) is 16.8. The molecule has 0 aliphatic carbocycles. The van der Waals surface area contributed by atoms with E-state index in [2.05, 4.69) is 5.32 Å². The van der Waals surface area contributed by atoms with Gasteiger partial charge in [0.25, 0.3) is 5.91 Å². The highest BCUT2D eigenvalue weighted by atomic mass is 16.5. The fraction of sp³-hybridized carbons (Fsp3) is 0.222. The van der Waals surface area contributed by atoms with Crippen LogP contribution in [-0.2, 0) is 9.53 Å². The fourth-order valence-electron chi connectivity index (χ4n) is 2.65. The van der Waals surface area contributed by atoms with Gasteiger partial charge in [-0.25, -0.2) is 0 Å². The van der Waals surface area contributed by atoms with E-state index in [1.165, 1.54) is 26.4 Å². The number of ether oxygens (including phenoxy) is 3. The summed E-state index contributed by atoms with van der Waals surface area (Å²) in [5.41, 5.74) is 1.30. The molecule has 1 amide bonds. The number of methoxy groups -OCH3 is 2. The maximum atomic E-state index is 12.6. The van der Waals surface area contributed by atoms with Gasteiger partial charge < -0.3 is 24.6 Å². The van der Waals surface area contributed by atoms with Gasteiger partial charge in [0.15, 0.2) is 23.4 Å². The molecule has 1 atom stereocenters. The summed E-state index contributed by atoms with van der Waals surface area (Å²) in [6, 6.07) is 9.19. The number of fused-ring (bicyclic) bond motifs is 1. The van der Waals surface area contributed by atoms with Gasteiger partial charge in [-0.05, 0) is 36.4 Å². The molecule has 1 aliphatic rings. The van der Waals surface area contributed by atoms with Crippen molar-refractivity contribution in [3.63, 3.8) is 0 Å². The number of benzene rings is 2. The van der Waals surface area contributed by atoms with Crippen LogP contribution in [0.3, 0.4) is 0 Å². The summed E-state index contributed by atoms with van der Waals surface area (Å²) in [5, 5.41) is 12.0. The molecule has 0 aromatic heterocycles. The summed E-state index contributed by atoms with van der Waals surface area (Å²) in [5.74, 6) is 0.257. The Balaban J connectivity index is 1.93. The molecule has 0 bridgehead atoms. The molecule has 2 aromatic rings. The second-order valence-corrected chi connectivity index (χ2v) is 5.44. The third kappa shape index (κ3) is 3.27. The number of hydrogen-bond acceptors (Lipinski definition) is 6. The topological polar surface area (TPSA) is 94.1 Å². The smallest absolute Gasteiger partial charge is 0.258 e. The molecular formula is C18H17NO6. The first-order valence-electron chi connectivity index (χ1n) is 7.54. The number of carbonyl (C=O) groups excluding carboxylic acids is 2. The van der Waals surface area contributed by atoms with Gasteiger partial charge in [-0.1, -0.05) is 0 Å². The second-order valence-electron chi connectivity index (χ2n) is 5.44. The van der Waals surface area contributed by atoms with E-state index in [-0.39, 0.29) is 18.1 Å². The Hall–Kier alpha value is -3.06. The Morgan fingerprint density at radius 3 is 2.44 bits per heavy atom. The minimum atomic E-state index is -0.957. The van der Waals surface area contributed by atoms with E-state index in [0.29, 0.717) is 28.3 Å². The molecule has 25 heavy (non-hydrogen) atoms. The number of phenols is 1. The lowest BCUT2D eigenvalue weighted by atomic mass is 9.95. The maximum absolute atomic E-state index is 12.6. The van der Waals surface area contributed by atoms with E-state index in [4.69, 9.17) is 14.2 Å². The van der Waals surface area contributed by atoms with Crippen LogP contribution in [0.5, 0.6) is 17.2 Å². The predicted molar refractivity (Wildman–Crippen MR) is 89.3 cm³/mol. The third-order valence-corrected chi connectivity index (χ3v) is 3.89. The Morgan fingerprint density at radius 1 is 1.16 bits per heavy atom. The Morgan fingerprint density at radius 2 is 1.80 bits per heavy atom. The lowest BCUT2D eigenvalue weighted by Crippen LogP contribution is -2.31. The van der Waals surface area contributed by atoms with E-state index >= 15 is 0 Å². The van der Waals surface area contributed by atoms with Crippen molar-refractivity contribution in [1.82, 2.24) is 0 Å². The summed E-state index contributed by atoms with van der Waals surface area (Å²) < 4.78 is 15.9. The van der Waals surface area contributed by atoms with Crippen LogP contribution >= 0.6 is 0 Å². The van der Waals surface area contributed by atoms with E-state index in [1.807, 2.05) is 0 Å². The Bertz CT molecular complexity index is 815. The van der Waals surface area contributed by atoms with Crippen LogP contribution in [0.1, 0.15) is 22.0 Å². The van der Waals surface area contributed by atoms with E-state index in [0.717, 1.165) is 0 Å². The highest BCUT2D eigenvalue weighted by molar-refractivity contribution is 6.04. The first-order chi connectivity index (χ1) is 12.0. The molecule has 0 spiro atoms. The van der Waals surface area contributed by atoms with Crippen molar-refractivity contribution in [3.05, 3.63) is 47.5 Å². The molecule has 2 aromatic carbocycles. The molecule has 2 N–H and O–H groups in total. The molecule has 0 fully saturated rings. The number of ketones is 1. The molecule has 130 valence electrons. The molecule has 0 radical (unpaired) electrons. The zero-order valence-electron chi connectivity index (χ0n) is 13.7. The van der Waals surface area contributed by atoms with Gasteiger partial charge in [-0.2, -0.15) is 0 Å². The quantitative estimate of drug-likeness (QED) is 0.828. The lowest BCUT2D eigenvalue weighted by Gasteiger charge is -2.25. The van der Waals surface area contributed by atoms with Crippen LogP contribution in [-0.4, -0.2) is 37.6 Å². The lowest BCUT2D eigenvalue weighted by molar-refractivity contribution is -0.127. The largest absolute Gasteiger partial charge is 0.508 e. The molecule has 3 rings (SSSR count). The van der Waals surface area contributed by atoms with Crippen molar-refractivity contribution >= 4 is 17.4 Å². The number of carbonyl (C=O) groups is 2. The second kappa shape index (κ2) is 6.82. The average Bonchev–Trinajstić information content (AvgIpc) is 2.62. The molecule has 1 heterocycles. The summed E-state index contributed by atoms with van der Waals surface area (Å²) in [4.78, 5) is 24.7. The predicted octanol–water partition coefficient (Wildman–Crippen LogP) is 2.30. The van der Waals surface area contributed by atoms with Crippen LogP contribution in [0, 0.1) is 0 Å². The normalized spacial score (nSPS) is 16.1. The summed E-state index contributed by atoms with van der Waals surface area (Å²) in [6.07, 6.45) is -0.957. The zero-order valence-corrected chi connectivity index (χ0v) is 13.7. The van der Waals surface area contributed by atoms with E-state index < -0.39 is 12.0 Å².